The molecule has 26 heavy (non-hydrogen) atoms. The van der Waals surface area contributed by atoms with Gasteiger partial charge in [0.25, 0.3) is 11.4 Å². The molecule has 0 fully saturated rings. The molecule has 0 aliphatic carbocycles. The summed E-state index contributed by atoms with van der Waals surface area (Å²) in [6.45, 7) is 0. The molecule has 0 heterocycles. The number of nitrogens with zero attached hydrogens (tertiary/aromatic N) is 3. The van der Waals surface area contributed by atoms with Gasteiger partial charge in [0.05, 0.1) is 27.2 Å². The van der Waals surface area contributed by atoms with Crippen molar-refractivity contribution in [3.8, 4) is 0 Å². The summed E-state index contributed by atoms with van der Waals surface area (Å²) < 4.78 is 66.7. The average molecular weight is 377 g/mol. The summed E-state index contributed by atoms with van der Waals surface area (Å²) in [5.74, 6) is -3.09. The number of rotatable bonds is 4. The Labute approximate surface area is 141 Å². The molecule has 0 aliphatic heterocycles. The molecule has 0 aromatic heterocycles. The zero-order valence-corrected chi connectivity index (χ0v) is 12.8. The Morgan fingerprint density at radius 1 is 1.00 bits per heavy atom. The molecular formula is C14H8F5N3O4. The minimum atomic E-state index is -5.15. The van der Waals surface area contributed by atoms with Crippen molar-refractivity contribution in [2.75, 3.05) is 11.9 Å². The average Bonchev–Trinajstić information content (AvgIpc) is 2.52. The van der Waals surface area contributed by atoms with Crippen LogP contribution in [-0.4, -0.2) is 16.9 Å². The van der Waals surface area contributed by atoms with Gasteiger partial charge in [-0.2, -0.15) is 13.2 Å². The lowest BCUT2D eigenvalue weighted by atomic mass is 10.1. The van der Waals surface area contributed by atoms with Gasteiger partial charge in [-0.25, -0.2) is 8.78 Å². The topological polar surface area (TPSA) is 89.5 Å². The van der Waals surface area contributed by atoms with E-state index in [4.69, 9.17) is 0 Å². The monoisotopic (exact) mass is 377 g/mol. The molecule has 12 heteroatoms. The fraction of sp³-hybridized carbons (Fsp3) is 0.143. The summed E-state index contributed by atoms with van der Waals surface area (Å²) in [6, 6.07) is 2.39. The van der Waals surface area contributed by atoms with Gasteiger partial charge in [0.2, 0.25) is 0 Å². The third-order valence-electron chi connectivity index (χ3n) is 3.40. The Morgan fingerprint density at radius 2 is 1.62 bits per heavy atom. The number of nitro benzene ring substituents is 2. The summed E-state index contributed by atoms with van der Waals surface area (Å²) in [5.41, 5.74) is -4.99. The van der Waals surface area contributed by atoms with E-state index in [-0.39, 0.29) is 12.1 Å². The van der Waals surface area contributed by atoms with Crippen LogP contribution >= 0.6 is 0 Å². The zero-order valence-electron chi connectivity index (χ0n) is 12.8. The molecule has 0 atom stereocenters. The fourth-order valence-electron chi connectivity index (χ4n) is 2.30. The molecule has 138 valence electrons. The SMILES string of the molecule is CN(c1ccc([N+](=O)[O-])cc1[N+](=O)[O-])c1c(F)cc(F)cc1C(F)(F)F. The molecule has 7 nitrogen and oxygen atoms in total. The van der Waals surface area contributed by atoms with Gasteiger partial charge in [-0.3, -0.25) is 20.2 Å². The van der Waals surface area contributed by atoms with Crippen LogP contribution in [0.25, 0.3) is 0 Å². The first-order valence-corrected chi connectivity index (χ1v) is 6.66. The van der Waals surface area contributed by atoms with Crippen molar-refractivity contribution in [1.29, 1.82) is 0 Å². The van der Waals surface area contributed by atoms with Crippen molar-refractivity contribution in [2.24, 2.45) is 0 Å². The maximum atomic E-state index is 14.1. The molecule has 2 aromatic rings. The lowest BCUT2D eigenvalue weighted by Gasteiger charge is -2.24. The van der Waals surface area contributed by atoms with E-state index in [1.807, 2.05) is 0 Å². The summed E-state index contributed by atoms with van der Waals surface area (Å²) in [4.78, 5) is 20.3. The Bertz CT molecular complexity index is 901. The molecule has 0 bridgehead atoms. The number of nitro groups is 2. The summed E-state index contributed by atoms with van der Waals surface area (Å²) in [7, 11) is 0.889. The van der Waals surface area contributed by atoms with Gasteiger partial charge in [0.1, 0.15) is 17.3 Å². The number of hydrogen-bond donors (Lipinski definition) is 0. The van der Waals surface area contributed by atoms with Crippen molar-refractivity contribution in [3.05, 3.63) is 67.8 Å². The van der Waals surface area contributed by atoms with Gasteiger partial charge in [-0.1, -0.05) is 0 Å². The second kappa shape index (κ2) is 6.54. The number of alkyl halides is 3. The molecule has 0 saturated carbocycles. The smallest absolute Gasteiger partial charge is 0.336 e. The van der Waals surface area contributed by atoms with Crippen LogP contribution < -0.4 is 4.90 Å². The number of anilines is 2. The van der Waals surface area contributed by atoms with Crippen LogP contribution in [0.2, 0.25) is 0 Å². The van der Waals surface area contributed by atoms with Crippen LogP contribution in [0.5, 0.6) is 0 Å². The van der Waals surface area contributed by atoms with Crippen molar-refractivity contribution < 1.29 is 31.8 Å². The molecule has 2 rings (SSSR count). The highest BCUT2D eigenvalue weighted by atomic mass is 19.4. The highest BCUT2D eigenvalue weighted by Crippen LogP contribution is 2.43. The molecule has 0 aliphatic rings. The molecule has 0 saturated heterocycles. The van der Waals surface area contributed by atoms with Crippen molar-refractivity contribution >= 4 is 22.7 Å². The zero-order chi connectivity index (χ0) is 19.8. The third-order valence-corrected chi connectivity index (χ3v) is 3.40. The van der Waals surface area contributed by atoms with Gasteiger partial charge in [0.15, 0.2) is 0 Å². The van der Waals surface area contributed by atoms with Gasteiger partial charge in [-0.05, 0) is 12.1 Å². The minimum absolute atomic E-state index is 0.0478. The lowest BCUT2D eigenvalue weighted by molar-refractivity contribution is -0.393. The molecule has 2 aromatic carbocycles. The van der Waals surface area contributed by atoms with Crippen molar-refractivity contribution in [2.45, 2.75) is 6.18 Å². The van der Waals surface area contributed by atoms with E-state index < -0.39 is 56.0 Å². The minimum Gasteiger partial charge on any atom is -0.336 e. The summed E-state index contributed by atoms with van der Waals surface area (Å²) >= 11 is 0. The van der Waals surface area contributed by atoms with Crippen LogP contribution in [0.15, 0.2) is 30.3 Å². The standard InChI is InChI=1S/C14H8F5N3O4/c1-20(11-3-2-8(21(23)24)6-12(11)22(25)26)13-9(14(17,18)19)4-7(15)5-10(13)16/h2-6H,1H3. The van der Waals surface area contributed by atoms with E-state index in [1.54, 1.807) is 0 Å². The van der Waals surface area contributed by atoms with Gasteiger partial charge < -0.3 is 4.90 Å². The van der Waals surface area contributed by atoms with Gasteiger partial charge in [-0.15, -0.1) is 0 Å². The molecule has 0 unspecified atom stereocenters. The lowest BCUT2D eigenvalue weighted by Crippen LogP contribution is -2.19. The summed E-state index contributed by atoms with van der Waals surface area (Å²) in [5, 5.41) is 21.9. The predicted molar refractivity (Wildman–Crippen MR) is 79.2 cm³/mol. The van der Waals surface area contributed by atoms with Crippen molar-refractivity contribution in [1.82, 2.24) is 0 Å². The first-order valence-electron chi connectivity index (χ1n) is 6.66. The fourth-order valence-corrected chi connectivity index (χ4v) is 2.30. The maximum absolute atomic E-state index is 14.1. The van der Waals surface area contributed by atoms with Crippen LogP contribution in [0.3, 0.4) is 0 Å². The Hall–Kier alpha value is -3.31. The van der Waals surface area contributed by atoms with Crippen LogP contribution in [0.1, 0.15) is 5.56 Å². The van der Waals surface area contributed by atoms with Crippen molar-refractivity contribution in [3.63, 3.8) is 0 Å². The number of hydrogen-bond acceptors (Lipinski definition) is 5. The van der Waals surface area contributed by atoms with E-state index in [0.717, 1.165) is 19.2 Å². The van der Waals surface area contributed by atoms with Gasteiger partial charge >= 0.3 is 6.18 Å². The summed E-state index contributed by atoms with van der Waals surface area (Å²) in [6.07, 6.45) is -5.15. The number of non-ortho nitro benzene ring substituents is 1. The van der Waals surface area contributed by atoms with Gasteiger partial charge in [0, 0.05) is 19.2 Å². The normalized spacial score (nSPS) is 11.3. The van der Waals surface area contributed by atoms with E-state index in [1.165, 1.54) is 0 Å². The molecule has 0 spiro atoms. The molecule has 0 radical (unpaired) electrons. The molecule has 0 amide bonds. The molecular weight excluding hydrogens is 369 g/mol. The predicted octanol–water partition coefficient (Wildman–Crippen LogP) is 4.57. The second-order valence-electron chi connectivity index (χ2n) is 5.03. The van der Waals surface area contributed by atoms with E-state index >= 15 is 0 Å². The quantitative estimate of drug-likeness (QED) is 0.442. The van der Waals surface area contributed by atoms with Crippen LogP contribution in [0, 0.1) is 31.9 Å². The Kier molecular flexibility index (Phi) is 4.78. The van der Waals surface area contributed by atoms with E-state index in [2.05, 4.69) is 0 Å². The van der Waals surface area contributed by atoms with Crippen LogP contribution in [0.4, 0.5) is 44.7 Å². The first-order chi connectivity index (χ1) is 11.9. The van der Waals surface area contributed by atoms with Crippen LogP contribution in [-0.2, 0) is 6.18 Å². The van der Waals surface area contributed by atoms with E-state index in [9.17, 15) is 42.2 Å². The molecule has 0 N–H and O–H groups in total. The first kappa shape index (κ1) is 19.0. The highest BCUT2D eigenvalue weighted by Gasteiger charge is 2.38. The van der Waals surface area contributed by atoms with E-state index in [0.29, 0.717) is 11.0 Å². The maximum Gasteiger partial charge on any atom is 0.418 e. The number of benzene rings is 2. The largest absolute Gasteiger partial charge is 0.418 e. The Morgan fingerprint density at radius 3 is 2.12 bits per heavy atom. The Balaban J connectivity index is 2.73. The third kappa shape index (κ3) is 3.53. The second-order valence-corrected chi connectivity index (χ2v) is 5.03. The highest BCUT2D eigenvalue weighted by molar-refractivity contribution is 5.75. The number of halogens is 5.